The Balaban J connectivity index is 1.20. The van der Waals surface area contributed by atoms with Crippen molar-refractivity contribution in [2.24, 2.45) is 0 Å². The van der Waals surface area contributed by atoms with Crippen molar-refractivity contribution in [1.29, 1.82) is 0 Å². The molecule has 4 N–H and O–H groups in total. The molecule has 45 heavy (non-hydrogen) atoms. The number of aliphatic hydroxyl groups excluding tert-OH is 2. The Labute approximate surface area is 272 Å². The minimum atomic E-state index is -4.30. The van der Waals surface area contributed by atoms with Gasteiger partial charge < -0.3 is 38.7 Å². The van der Waals surface area contributed by atoms with Crippen LogP contribution in [0.4, 0.5) is 0 Å². The first-order valence-corrected chi connectivity index (χ1v) is 19.1. The first kappa shape index (κ1) is 32.1. The van der Waals surface area contributed by atoms with Gasteiger partial charge in [-0.2, -0.15) is 0 Å². The first-order valence-electron chi connectivity index (χ1n) is 13.0. The normalized spacial score (nSPS) is 37.7. The predicted octanol–water partition coefficient (Wildman–Crippen LogP) is 2.06. The van der Waals surface area contributed by atoms with Gasteiger partial charge in [-0.1, -0.05) is 35.5 Å². The summed E-state index contributed by atoms with van der Waals surface area (Å²) in [4.78, 5) is 38.1. The Bertz CT molecular complexity index is 1950. The first-order chi connectivity index (χ1) is 21.3. The number of thiol groups is 1. The van der Waals surface area contributed by atoms with Crippen LogP contribution in [-0.4, -0.2) is 94.0 Å². The molecule has 17 nitrogen and oxygen atoms in total. The molecule has 242 valence electrons. The number of hydrogen-bond acceptors (Lipinski definition) is 14. The number of benzene rings is 1. The molecule has 4 aromatic rings. The molecular weight excluding hydrogens is 721 g/mol. The van der Waals surface area contributed by atoms with Crippen molar-refractivity contribution in [3.8, 4) is 0 Å². The summed E-state index contributed by atoms with van der Waals surface area (Å²) >= 11 is 21.7. The van der Waals surface area contributed by atoms with Crippen molar-refractivity contribution < 1.29 is 47.2 Å². The molecule has 3 fully saturated rings. The fourth-order valence-electron chi connectivity index (χ4n) is 5.39. The van der Waals surface area contributed by atoms with Crippen LogP contribution in [0.3, 0.4) is 0 Å². The number of aromatic amines is 1. The number of H-pyrrole nitrogens is 1. The van der Waals surface area contributed by atoms with Gasteiger partial charge in [0.25, 0.3) is 5.56 Å². The van der Waals surface area contributed by atoms with Crippen molar-refractivity contribution in [2.45, 2.75) is 49.1 Å². The van der Waals surface area contributed by atoms with Crippen LogP contribution < -0.4 is 5.56 Å². The third-order valence-electron chi connectivity index (χ3n) is 7.47. The summed E-state index contributed by atoms with van der Waals surface area (Å²) in [5.41, 5.74) is 0.454. The number of nitrogens with zero attached hydrogens (tertiary/aromatic N) is 5. The van der Waals surface area contributed by atoms with Crippen LogP contribution in [-0.2, 0) is 43.9 Å². The van der Waals surface area contributed by atoms with Crippen LogP contribution in [0.15, 0.2) is 35.9 Å². The summed E-state index contributed by atoms with van der Waals surface area (Å²) < 4.78 is 50.7. The lowest BCUT2D eigenvalue weighted by Gasteiger charge is -2.27. The third-order valence-corrected chi connectivity index (χ3v) is 11.4. The molecule has 0 radical (unpaired) electrons. The second-order valence-corrected chi connectivity index (χ2v) is 16.7. The van der Waals surface area contributed by atoms with E-state index in [2.05, 4.69) is 32.2 Å². The zero-order valence-corrected chi connectivity index (χ0v) is 27.3. The van der Waals surface area contributed by atoms with Crippen LogP contribution >= 0.6 is 49.0 Å². The van der Waals surface area contributed by atoms with Gasteiger partial charge in [-0.05, 0) is 23.9 Å². The SMILES string of the molecule is O=c1[nH]cnc2c1ncn2[C@@H]1O[C@@H]2COP(O)(=S)OC3[C@@H](O)[C@@H](COP(=O)(S)OC2[C@@H]1O)O[C@H]3n1cnc2cc(Cl)c(Cl)cc21. The maximum absolute atomic E-state index is 13.4. The molecule has 2 bridgehead atoms. The lowest BCUT2D eigenvalue weighted by atomic mass is 10.1. The van der Waals surface area contributed by atoms with Crippen LogP contribution in [0.5, 0.6) is 0 Å². The van der Waals surface area contributed by atoms with E-state index >= 15 is 0 Å². The van der Waals surface area contributed by atoms with E-state index in [1.54, 1.807) is 0 Å². The number of halogens is 2. The number of rotatable bonds is 2. The summed E-state index contributed by atoms with van der Waals surface area (Å²) in [6.07, 6.45) is -6.87. The summed E-state index contributed by atoms with van der Waals surface area (Å²) in [5, 5.41) is 22.9. The second kappa shape index (κ2) is 11.9. The molecule has 3 aliphatic heterocycles. The molecule has 3 aliphatic rings. The summed E-state index contributed by atoms with van der Waals surface area (Å²) in [6, 6.07) is 3.08. The van der Waals surface area contributed by atoms with Crippen LogP contribution in [0.25, 0.3) is 22.2 Å². The van der Waals surface area contributed by atoms with Crippen LogP contribution in [0.1, 0.15) is 12.5 Å². The Morgan fingerprint density at radius 2 is 1.67 bits per heavy atom. The van der Waals surface area contributed by atoms with E-state index in [4.69, 9.17) is 62.6 Å². The number of aliphatic hydroxyl groups is 2. The Morgan fingerprint density at radius 1 is 0.956 bits per heavy atom. The van der Waals surface area contributed by atoms with Gasteiger partial charge in [-0.25, -0.2) is 19.5 Å². The Hall–Kier alpha value is -1.51. The van der Waals surface area contributed by atoms with Gasteiger partial charge >= 0.3 is 13.5 Å². The zero-order chi connectivity index (χ0) is 31.8. The summed E-state index contributed by atoms with van der Waals surface area (Å²) in [5.74, 6) is 0. The monoisotopic (exact) mass is 742 g/mol. The van der Waals surface area contributed by atoms with Gasteiger partial charge in [0.1, 0.15) is 36.6 Å². The zero-order valence-electron chi connectivity index (χ0n) is 22.3. The fraction of sp³-hybridized carbons (Fsp3) is 0.455. The third kappa shape index (κ3) is 5.92. The molecule has 0 aliphatic carbocycles. The molecule has 10 atom stereocenters. The number of ether oxygens (including phenoxy) is 2. The standard InChI is InChI=1S/C22H22Cl2N6O11P2S2/c23-8-1-10-11(2-9(8)24)29(6-27-10)22-18-15(31)12(38-22)3-36-42(34,44)40-17-13(4-37-43(35,45)41-18)39-21(16(17)32)30-7-28-14-19(30)25-5-26-20(14)33/h1-2,5-7,12-13,15-18,21-22,31-32H,3-4H2,(H,34,44)(H,35,45)(H,25,26,33)/t12-,13-,15+,16+,17?,18?,21-,22-,42?,43?/m1/s1. The highest BCUT2D eigenvalue weighted by Gasteiger charge is 2.52. The van der Waals surface area contributed by atoms with Crippen molar-refractivity contribution in [1.82, 2.24) is 29.1 Å². The number of fused-ring (bicyclic) bond motifs is 5. The quantitative estimate of drug-likeness (QED) is 0.147. The van der Waals surface area contributed by atoms with E-state index in [9.17, 15) is 24.5 Å². The fourth-order valence-corrected chi connectivity index (χ4v) is 8.61. The van der Waals surface area contributed by atoms with E-state index in [0.717, 1.165) is 6.33 Å². The number of aromatic nitrogens is 6. The average molecular weight is 743 g/mol. The van der Waals surface area contributed by atoms with Gasteiger partial charge in [0.2, 0.25) is 0 Å². The lowest BCUT2D eigenvalue weighted by molar-refractivity contribution is -0.0593. The molecule has 0 saturated carbocycles. The molecular formula is C22H22Cl2N6O11P2S2. The largest absolute Gasteiger partial charge is 0.387 e. The number of hydrogen-bond donors (Lipinski definition) is 5. The molecule has 4 unspecified atom stereocenters. The van der Waals surface area contributed by atoms with E-state index in [1.165, 1.54) is 33.9 Å². The average Bonchev–Trinajstić information content (AvgIpc) is 3.73. The molecule has 0 amide bonds. The smallest absolute Gasteiger partial charge is 0.386 e. The Morgan fingerprint density at radius 3 is 2.47 bits per heavy atom. The molecule has 1 aromatic carbocycles. The highest BCUT2D eigenvalue weighted by Crippen LogP contribution is 2.58. The minimum Gasteiger partial charge on any atom is -0.387 e. The maximum Gasteiger partial charge on any atom is 0.386 e. The van der Waals surface area contributed by atoms with E-state index in [-0.39, 0.29) is 21.2 Å². The van der Waals surface area contributed by atoms with E-state index in [0.29, 0.717) is 11.0 Å². The van der Waals surface area contributed by atoms with Gasteiger partial charge in [0.15, 0.2) is 23.6 Å². The van der Waals surface area contributed by atoms with E-state index < -0.39 is 81.4 Å². The van der Waals surface area contributed by atoms with Crippen molar-refractivity contribution >= 4 is 83.0 Å². The predicted molar refractivity (Wildman–Crippen MR) is 162 cm³/mol. The van der Waals surface area contributed by atoms with E-state index in [1.807, 2.05) is 0 Å². The highest BCUT2D eigenvalue weighted by atomic mass is 35.5. The van der Waals surface area contributed by atoms with Crippen LogP contribution in [0.2, 0.25) is 10.0 Å². The molecule has 23 heteroatoms. The lowest BCUT2D eigenvalue weighted by Crippen LogP contribution is -2.36. The topological polar surface area (TPSA) is 215 Å². The molecule has 3 saturated heterocycles. The number of nitrogens with one attached hydrogen (secondary N) is 1. The van der Waals surface area contributed by atoms with Gasteiger partial charge in [0, 0.05) is 0 Å². The Kier molecular flexibility index (Phi) is 8.46. The number of imidazole rings is 2. The second-order valence-electron chi connectivity index (χ2n) is 10.2. The molecule has 6 heterocycles. The maximum atomic E-state index is 13.4. The van der Waals surface area contributed by atoms with Gasteiger partial charge in [0.05, 0.1) is 53.3 Å². The van der Waals surface area contributed by atoms with Gasteiger partial charge in [-0.15, -0.1) is 0 Å². The summed E-state index contributed by atoms with van der Waals surface area (Å²) in [7, 11) is 0. The van der Waals surface area contributed by atoms with Crippen molar-refractivity contribution in [3.63, 3.8) is 0 Å². The van der Waals surface area contributed by atoms with Crippen molar-refractivity contribution in [3.05, 3.63) is 51.5 Å². The summed E-state index contributed by atoms with van der Waals surface area (Å²) in [6.45, 7) is -9.56. The molecule has 7 rings (SSSR count). The van der Waals surface area contributed by atoms with Gasteiger partial charge in [-0.3, -0.25) is 22.9 Å². The minimum absolute atomic E-state index is 0.0188. The van der Waals surface area contributed by atoms with Crippen molar-refractivity contribution in [2.75, 3.05) is 13.2 Å². The molecule has 0 spiro atoms. The highest BCUT2D eigenvalue weighted by molar-refractivity contribution is 8.44. The van der Waals surface area contributed by atoms with Crippen LogP contribution in [0, 0.1) is 0 Å². The molecule has 3 aromatic heterocycles.